The van der Waals surface area contributed by atoms with Gasteiger partial charge >= 0.3 is 5.76 Å². The Morgan fingerprint density at radius 1 is 1.02 bits per heavy atom. The molecule has 10 nitrogen and oxygen atoms in total. The molecule has 0 spiro atoms. The number of nitrogens with one attached hydrogen (secondary N) is 2. The van der Waals surface area contributed by atoms with Crippen LogP contribution in [0.2, 0.25) is 0 Å². The number of benzene rings is 1. The fraction of sp³-hybridized carbons (Fsp3) is 0.594. The van der Waals surface area contributed by atoms with Crippen LogP contribution in [0.1, 0.15) is 88.4 Å². The molecule has 42 heavy (non-hydrogen) atoms. The molecule has 222 valence electrons. The van der Waals surface area contributed by atoms with Gasteiger partial charge in [-0.2, -0.15) is 0 Å². The summed E-state index contributed by atoms with van der Waals surface area (Å²) in [7, 11) is 0. The van der Waals surface area contributed by atoms with E-state index in [0.717, 1.165) is 36.0 Å². The second-order valence-electron chi connectivity index (χ2n) is 12.8. The first kappa shape index (κ1) is 27.3. The molecule has 1 aromatic carbocycles. The van der Waals surface area contributed by atoms with Gasteiger partial charge in [0.25, 0.3) is 0 Å². The molecule has 10 heteroatoms. The number of nitrogens with zero attached hydrogens (tertiary/aromatic N) is 5. The van der Waals surface area contributed by atoms with E-state index in [1.54, 1.807) is 0 Å². The summed E-state index contributed by atoms with van der Waals surface area (Å²) < 4.78 is 13.3. The molecule has 3 fully saturated rings. The lowest BCUT2D eigenvalue weighted by Crippen LogP contribution is -2.31. The fourth-order valence-corrected chi connectivity index (χ4v) is 7.17. The Bertz CT molecular complexity index is 1570. The highest BCUT2D eigenvalue weighted by Gasteiger charge is 2.35. The molecule has 3 atom stereocenters. The van der Waals surface area contributed by atoms with Gasteiger partial charge in [-0.25, -0.2) is 19.7 Å². The first-order valence-electron chi connectivity index (χ1n) is 15.8. The van der Waals surface area contributed by atoms with E-state index in [2.05, 4.69) is 64.2 Å². The number of rotatable bonds is 8. The predicted octanol–water partition coefficient (Wildman–Crippen LogP) is 5.88. The maximum absolute atomic E-state index is 11.8. The van der Waals surface area contributed by atoms with Crippen LogP contribution in [0.5, 0.6) is 0 Å². The molecule has 4 aromatic rings. The van der Waals surface area contributed by atoms with Crippen molar-refractivity contribution in [3.05, 3.63) is 52.3 Å². The van der Waals surface area contributed by atoms with Gasteiger partial charge < -0.3 is 14.6 Å². The molecule has 0 radical (unpaired) electrons. The van der Waals surface area contributed by atoms with E-state index in [0.29, 0.717) is 36.5 Å². The Labute approximate surface area is 245 Å². The van der Waals surface area contributed by atoms with E-state index in [1.165, 1.54) is 50.5 Å². The minimum absolute atomic E-state index is 0.185. The molecule has 0 amide bonds. The summed E-state index contributed by atoms with van der Waals surface area (Å²) >= 11 is 0. The summed E-state index contributed by atoms with van der Waals surface area (Å²) in [4.78, 5) is 29.6. The smallest absolute Gasteiger partial charge is 0.381 e. The maximum atomic E-state index is 11.8. The zero-order chi connectivity index (χ0) is 28.6. The van der Waals surface area contributed by atoms with Crippen molar-refractivity contribution in [1.82, 2.24) is 29.7 Å². The molecule has 4 heterocycles. The van der Waals surface area contributed by atoms with Crippen molar-refractivity contribution >= 4 is 17.0 Å². The van der Waals surface area contributed by atoms with Crippen molar-refractivity contribution < 1.29 is 9.26 Å². The van der Waals surface area contributed by atoms with Crippen molar-refractivity contribution in [1.29, 1.82) is 0 Å². The van der Waals surface area contributed by atoms with Gasteiger partial charge in [0.1, 0.15) is 11.3 Å². The van der Waals surface area contributed by atoms with Gasteiger partial charge in [0, 0.05) is 31.0 Å². The third-order valence-electron chi connectivity index (χ3n) is 10.00. The highest BCUT2D eigenvalue weighted by Crippen LogP contribution is 2.42. The van der Waals surface area contributed by atoms with E-state index < -0.39 is 5.76 Å². The molecule has 1 saturated heterocycles. The maximum Gasteiger partial charge on any atom is 0.439 e. The number of hydrogen-bond acceptors (Lipinski definition) is 8. The highest BCUT2D eigenvalue weighted by molar-refractivity contribution is 5.86. The van der Waals surface area contributed by atoms with Crippen molar-refractivity contribution in [2.24, 2.45) is 17.8 Å². The zero-order valence-corrected chi connectivity index (χ0v) is 24.6. The van der Waals surface area contributed by atoms with Crippen LogP contribution in [-0.4, -0.2) is 48.9 Å². The van der Waals surface area contributed by atoms with E-state index in [4.69, 9.17) is 24.2 Å². The van der Waals surface area contributed by atoms with Crippen LogP contribution in [0.4, 0.5) is 5.82 Å². The Kier molecular flexibility index (Phi) is 7.56. The van der Waals surface area contributed by atoms with E-state index >= 15 is 0 Å². The highest BCUT2D eigenvalue weighted by atomic mass is 16.5. The number of ether oxygens (including phenoxy) is 1. The monoisotopic (exact) mass is 571 g/mol. The minimum atomic E-state index is -0.628. The number of hydrogen-bond donors (Lipinski definition) is 2. The van der Waals surface area contributed by atoms with Crippen LogP contribution >= 0.6 is 0 Å². The summed E-state index contributed by atoms with van der Waals surface area (Å²) in [6, 6.07) is 10.9. The molecule has 1 aliphatic heterocycles. The average Bonchev–Trinajstić information content (AvgIpc) is 3.57. The third kappa shape index (κ3) is 5.37. The van der Waals surface area contributed by atoms with E-state index in [1.807, 2.05) is 0 Å². The average molecular weight is 572 g/mol. The van der Waals surface area contributed by atoms with Crippen molar-refractivity contribution in [3.63, 3.8) is 0 Å². The van der Waals surface area contributed by atoms with Crippen LogP contribution < -0.4 is 11.1 Å². The zero-order valence-electron chi connectivity index (χ0n) is 24.6. The minimum Gasteiger partial charge on any atom is -0.381 e. The number of aromatic amines is 1. The van der Waals surface area contributed by atoms with Crippen LogP contribution in [0, 0.1) is 17.8 Å². The molecule has 2 N–H and O–H groups in total. The van der Waals surface area contributed by atoms with Gasteiger partial charge in [-0.3, -0.25) is 9.51 Å². The van der Waals surface area contributed by atoms with Gasteiger partial charge in [0.2, 0.25) is 11.6 Å². The normalized spacial score (nSPS) is 25.8. The summed E-state index contributed by atoms with van der Waals surface area (Å²) in [6.07, 6.45) is 9.57. The van der Waals surface area contributed by atoms with Crippen LogP contribution in [0.15, 0.2) is 39.6 Å². The molecular weight excluding hydrogens is 530 g/mol. The SMILES string of the molecule is CC1CCC(Cn2c(C3CCOCC3c3ccccc3)nc3nc(-c4noc(=O)[nH]4)nc(N[C@H](C)C4CCC4)c32)CC1. The summed E-state index contributed by atoms with van der Waals surface area (Å²) in [5.74, 6) is 4.07. The number of H-pyrrole nitrogens is 1. The second-order valence-corrected chi connectivity index (χ2v) is 12.8. The predicted molar refractivity (Wildman–Crippen MR) is 160 cm³/mol. The molecular formula is C32H41N7O3. The van der Waals surface area contributed by atoms with Crippen LogP contribution in [0.3, 0.4) is 0 Å². The van der Waals surface area contributed by atoms with E-state index in [-0.39, 0.29) is 23.7 Å². The van der Waals surface area contributed by atoms with E-state index in [9.17, 15) is 4.79 Å². The van der Waals surface area contributed by atoms with Crippen molar-refractivity contribution in [2.75, 3.05) is 18.5 Å². The third-order valence-corrected chi connectivity index (χ3v) is 10.00. The standard InChI is InChI=1S/C32H41N7O3/c1-19-11-13-21(14-12-19)17-39-26-27(33-20(2)22-9-6-10-22)34-29(30-37-32(40)42-38-30)35-28(26)36-31(39)24-15-16-41-18-25(24)23-7-4-3-5-8-23/h3-5,7-8,19-22,24-25H,6,9-18H2,1-2H3,(H,33,34,35)(H,37,38,40)/t19?,20-,21?,24?,25?/m1/s1. The lowest BCUT2D eigenvalue weighted by atomic mass is 9.80. The molecule has 0 bridgehead atoms. The number of aromatic nitrogens is 6. The molecule has 2 unspecified atom stereocenters. The number of imidazole rings is 1. The summed E-state index contributed by atoms with van der Waals surface area (Å²) in [5.41, 5.74) is 2.85. The van der Waals surface area contributed by atoms with Gasteiger partial charge in [-0.1, -0.05) is 61.7 Å². The molecule has 7 rings (SSSR count). The Morgan fingerprint density at radius 3 is 2.55 bits per heavy atom. The van der Waals surface area contributed by atoms with Gasteiger partial charge in [-0.05, 0) is 62.3 Å². The second kappa shape index (κ2) is 11.6. The topological polar surface area (TPSA) is 124 Å². The largest absolute Gasteiger partial charge is 0.439 e. The first-order valence-corrected chi connectivity index (χ1v) is 15.8. The fourth-order valence-electron chi connectivity index (χ4n) is 7.17. The Balaban J connectivity index is 1.38. The molecule has 3 aliphatic rings. The Hall–Kier alpha value is -3.53. The van der Waals surface area contributed by atoms with Crippen molar-refractivity contribution in [2.45, 2.75) is 89.6 Å². The van der Waals surface area contributed by atoms with Gasteiger partial charge in [0.15, 0.2) is 11.5 Å². The molecule has 2 aliphatic carbocycles. The van der Waals surface area contributed by atoms with Crippen LogP contribution in [-0.2, 0) is 11.3 Å². The summed E-state index contributed by atoms with van der Waals surface area (Å²) in [6.45, 7) is 6.88. The first-order chi connectivity index (χ1) is 20.5. The quantitative estimate of drug-likeness (QED) is 0.269. The lowest BCUT2D eigenvalue weighted by molar-refractivity contribution is 0.0647. The van der Waals surface area contributed by atoms with Gasteiger partial charge in [-0.15, -0.1) is 0 Å². The number of fused-ring (bicyclic) bond motifs is 1. The number of anilines is 1. The lowest BCUT2D eigenvalue weighted by Gasteiger charge is -2.34. The Morgan fingerprint density at radius 2 is 1.83 bits per heavy atom. The molecule has 3 aromatic heterocycles. The summed E-state index contributed by atoms with van der Waals surface area (Å²) in [5, 5.41) is 7.66. The molecule has 2 saturated carbocycles. The van der Waals surface area contributed by atoms with Crippen molar-refractivity contribution in [3.8, 4) is 11.6 Å². The van der Waals surface area contributed by atoms with Crippen LogP contribution in [0.25, 0.3) is 22.8 Å². The van der Waals surface area contributed by atoms with Gasteiger partial charge in [0.05, 0.1) is 6.61 Å².